The van der Waals surface area contributed by atoms with Crippen molar-refractivity contribution in [2.75, 3.05) is 0 Å². The summed E-state index contributed by atoms with van der Waals surface area (Å²) >= 11 is 2.19. The van der Waals surface area contributed by atoms with Crippen LogP contribution in [-0.4, -0.2) is 19.4 Å². The highest BCUT2D eigenvalue weighted by molar-refractivity contribution is 9.10. The molecule has 0 amide bonds. The molecule has 0 saturated heterocycles. The zero-order chi connectivity index (χ0) is 22.0. The van der Waals surface area contributed by atoms with E-state index in [-0.39, 0.29) is 6.04 Å². The van der Waals surface area contributed by atoms with Crippen molar-refractivity contribution in [2.45, 2.75) is 38.0 Å². The number of halogens is 1. The Kier molecular flexibility index (Phi) is 6.48. The van der Waals surface area contributed by atoms with Gasteiger partial charge in [-0.3, -0.25) is 0 Å². The van der Waals surface area contributed by atoms with Crippen LogP contribution < -0.4 is 4.72 Å². The standard InChI is InChI=1S/C24H24BrN3O2S/c1-24(2,3)31(29)28-20(15-16-9-8-14-22(25)26-16)17-10-4-5-11-18(17)23-19-12-6-7-13-21(19)30-27-23/h4-14,20,28H,15H2,1-3H3/t20-,31?/m0/s1. The van der Waals surface area contributed by atoms with E-state index in [1.54, 1.807) is 0 Å². The van der Waals surface area contributed by atoms with Gasteiger partial charge in [0.1, 0.15) is 15.0 Å². The van der Waals surface area contributed by atoms with Crippen molar-refractivity contribution < 1.29 is 9.08 Å². The maximum absolute atomic E-state index is 13.1. The molecule has 2 aromatic carbocycles. The third-order valence-electron chi connectivity index (χ3n) is 4.96. The van der Waals surface area contributed by atoms with E-state index in [1.807, 2.05) is 87.5 Å². The van der Waals surface area contributed by atoms with Crippen LogP contribution in [0.2, 0.25) is 0 Å². The van der Waals surface area contributed by atoms with Crippen LogP contribution in [0.3, 0.4) is 0 Å². The molecule has 2 atom stereocenters. The molecule has 0 saturated carbocycles. The van der Waals surface area contributed by atoms with Gasteiger partial charge in [-0.25, -0.2) is 4.98 Å². The van der Waals surface area contributed by atoms with E-state index in [2.05, 4.69) is 30.8 Å². The average Bonchev–Trinajstić information content (AvgIpc) is 3.16. The molecular weight excluding hydrogens is 474 g/mol. The molecular formula is C24H24BrN3O2S. The predicted octanol–water partition coefficient (Wildman–Crippen LogP) is 5.99. The fraction of sp³-hybridized carbons (Fsp3) is 0.250. The van der Waals surface area contributed by atoms with Crippen molar-refractivity contribution >= 4 is 38.3 Å². The number of aromatic nitrogens is 2. The topological polar surface area (TPSA) is 74.0 Å². The van der Waals surface area contributed by atoms with E-state index in [9.17, 15) is 4.55 Å². The van der Waals surface area contributed by atoms with E-state index >= 15 is 0 Å². The Morgan fingerprint density at radius 1 is 1.03 bits per heavy atom. The Hall–Kier alpha value is -2.19. The Bertz CT molecular complexity index is 1190. The zero-order valence-corrected chi connectivity index (χ0v) is 20.0. The van der Waals surface area contributed by atoms with Crippen LogP contribution in [0.25, 0.3) is 22.2 Å². The molecule has 0 radical (unpaired) electrons. The summed E-state index contributed by atoms with van der Waals surface area (Å²) in [5.74, 6) is 0. The lowest BCUT2D eigenvalue weighted by molar-refractivity contribution is 0.459. The van der Waals surface area contributed by atoms with Crippen LogP contribution in [0, 0.1) is 0 Å². The van der Waals surface area contributed by atoms with E-state index in [4.69, 9.17) is 4.52 Å². The van der Waals surface area contributed by atoms with Crippen molar-refractivity contribution in [1.29, 1.82) is 0 Å². The van der Waals surface area contributed by atoms with Crippen molar-refractivity contribution in [2.24, 2.45) is 0 Å². The molecule has 2 heterocycles. The fourth-order valence-electron chi connectivity index (χ4n) is 3.39. The van der Waals surface area contributed by atoms with Crippen molar-refractivity contribution in [3.8, 4) is 11.3 Å². The minimum Gasteiger partial charge on any atom is -0.598 e. The normalized spacial score (nSPS) is 14.0. The number of benzene rings is 2. The molecule has 0 fully saturated rings. The molecule has 0 spiro atoms. The third-order valence-corrected chi connectivity index (χ3v) is 7.01. The fourth-order valence-corrected chi connectivity index (χ4v) is 4.59. The van der Waals surface area contributed by atoms with Crippen molar-refractivity contribution in [1.82, 2.24) is 14.9 Å². The summed E-state index contributed by atoms with van der Waals surface area (Å²) in [6.07, 6.45) is 0.577. The van der Waals surface area contributed by atoms with Crippen LogP contribution in [-0.2, 0) is 17.8 Å². The van der Waals surface area contributed by atoms with Crippen molar-refractivity contribution in [3.05, 3.63) is 82.6 Å². The molecule has 1 unspecified atom stereocenters. The summed E-state index contributed by atoms with van der Waals surface area (Å²) in [6, 6.07) is 21.5. The second-order valence-corrected chi connectivity index (χ2v) is 11.1. The van der Waals surface area contributed by atoms with Gasteiger partial charge in [0.25, 0.3) is 0 Å². The van der Waals surface area contributed by atoms with Crippen molar-refractivity contribution in [3.63, 3.8) is 0 Å². The number of pyridine rings is 1. The number of hydrogen-bond donors (Lipinski definition) is 1. The van der Waals surface area contributed by atoms with Gasteiger partial charge in [0, 0.05) is 34.4 Å². The van der Waals surface area contributed by atoms with E-state index in [1.165, 1.54) is 0 Å². The van der Waals surface area contributed by atoms with Crippen LogP contribution in [0.5, 0.6) is 0 Å². The summed E-state index contributed by atoms with van der Waals surface area (Å²) in [7, 11) is 0. The van der Waals surface area contributed by atoms with Gasteiger partial charge < -0.3 is 9.08 Å². The first kappa shape index (κ1) is 22.0. The maximum Gasteiger partial charge on any atom is 0.167 e. The molecule has 7 heteroatoms. The Morgan fingerprint density at radius 2 is 1.77 bits per heavy atom. The molecule has 1 N–H and O–H groups in total. The summed E-state index contributed by atoms with van der Waals surface area (Å²) < 4.78 is 22.3. The van der Waals surface area contributed by atoms with Crippen LogP contribution in [0.1, 0.15) is 38.1 Å². The SMILES string of the molecule is CC(C)(C)[S+]([O-])N[C@@H](Cc1cccc(Br)n1)c1ccccc1-c1noc2ccccc12. The molecule has 2 aromatic heterocycles. The first-order chi connectivity index (χ1) is 14.8. The lowest BCUT2D eigenvalue weighted by Gasteiger charge is -2.29. The largest absolute Gasteiger partial charge is 0.598 e. The molecule has 160 valence electrons. The van der Waals surface area contributed by atoms with E-state index < -0.39 is 16.1 Å². The number of rotatable bonds is 6. The number of fused-ring (bicyclic) bond motifs is 1. The first-order valence-electron chi connectivity index (χ1n) is 10.1. The Balaban J connectivity index is 1.79. The Morgan fingerprint density at radius 3 is 2.55 bits per heavy atom. The summed E-state index contributed by atoms with van der Waals surface area (Å²) in [6.45, 7) is 5.88. The number of nitrogens with zero attached hydrogens (tertiary/aromatic N) is 2. The smallest absolute Gasteiger partial charge is 0.167 e. The van der Waals surface area contributed by atoms with Gasteiger partial charge in [-0.1, -0.05) is 47.6 Å². The molecule has 4 aromatic rings. The Labute approximate surface area is 193 Å². The monoisotopic (exact) mass is 497 g/mol. The van der Waals surface area contributed by atoms with Crippen LogP contribution in [0.15, 0.2) is 75.9 Å². The highest BCUT2D eigenvalue weighted by atomic mass is 79.9. The van der Waals surface area contributed by atoms with Gasteiger partial charge in [0.05, 0.1) is 6.04 Å². The van der Waals surface area contributed by atoms with Crippen LogP contribution >= 0.6 is 15.9 Å². The lowest BCUT2D eigenvalue weighted by Crippen LogP contribution is -2.42. The number of hydrogen-bond acceptors (Lipinski definition) is 5. The molecule has 4 rings (SSSR count). The molecule has 0 aliphatic carbocycles. The predicted molar refractivity (Wildman–Crippen MR) is 129 cm³/mol. The molecule has 0 aliphatic heterocycles. The quantitative estimate of drug-likeness (QED) is 0.261. The van der Waals surface area contributed by atoms with Gasteiger partial charge in [-0.2, -0.15) is 0 Å². The third kappa shape index (κ3) is 5.01. The zero-order valence-electron chi connectivity index (χ0n) is 17.6. The molecule has 0 bridgehead atoms. The van der Waals surface area contributed by atoms with Gasteiger partial charge in [-0.05, 0) is 66.5 Å². The summed E-state index contributed by atoms with van der Waals surface area (Å²) in [5.41, 5.74) is 4.37. The van der Waals surface area contributed by atoms with Gasteiger partial charge in [-0.15, -0.1) is 4.72 Å². The number of nitrogens with one attached hydrogen (secondary N) is 1. The second-order valence-electron chi connectivity index (χ2n) is 8.32. The summed E-state index contributed by atoms with van der Waals surface area (Å²) in [5, 5.41) is 5.31. The summed E-state index contributed by atoms with van der Waals surface area (Å²) in [4.78, 5) is 4.59. The van der Waals surface area contributed by atoms with E-state index in [0.29, 0.717) is 6.42 Å². The lowest BCUT2D eigenvalue weighted by atomic mass is 9.94. The minimum absolute atomic E-state index is 0.228. The van der Waals surface area contributed by atoms with Gasteiger partial charge >= 0.3 is 0 Å². The highest BCUT2D eigenvalue weighted by Gasteiger charge is 2.31. The van der Waals surface area contributed by atoms with Gasteiger partial charge in [0.2, 0.25) is 0 Å². The maximum atomic E-state index is 13.1. The van der Waals surface area contributed by atoms with Crippen LogP contribution in [0.4, 0.5) is 0 Å². The van der Waals surface area contributed by atoms with E-state index in [0.717, 1.165) is 38.1 Å². The minimum atomic E-state index is -1.26. The molecule has 0 aliphatic rings. The average molecular weight is 498 g/mol. The highest BCUT2D eigenvalue weighted by Crippen LogP contribution is 2.35. The van der Waals surface area contributed by atoms with Gasteiger partial charge in [0.15, 0.2) is 5.58 Å². The molecule has 5 nitrogen and oxygen atoms in total. The number of para-hydroxylation sites is 1. The molecule has 31 heavy (non-hydrogen) atoms. The second kappa shape index (κ2) is 9.12. The first-order valence-corrected chi connectivity index (χ1v) is 12.0.